The van der Waals surface area contributed by atoms with E-state index >= 15 is 0 Å². The Morgan fingerprint density at radius 2 is 2.33 bits per heavy atom. The van der Waals surface area contributed by atoms with Gasteiger partial charge in [0.25, 0.3) is 0 Å². The zero-order chi connectivity index (χ0) is 11.1. The average Bonchev–Trinajstić information content (AvgIpc) is 2.68. The monoisotopic (exact) mass is 234 g/mol. The Balaban J connectivity index is 2.30. The molecule has 0 amide bonds. The van der Waals surface area contributed by atoms with Gasteiger partial charge in [-0.1, -0.05) is 5.16 Å². The second-order valence-electron chi connectivity index (χ2n) is 2.94. The van der Waals surface area contributed by atoms with Gasteiger partial charge in [-0.25, -0.2) is 13.1 Å². The van der Waals surface area contributed by atoms with Crippen LogP contribution in [0, 0.1) is 0 Å². The smallest absolute Gasteiger partial charge is 0.213 e. The third kappa shape index (κ3) is 4.86. The first-order valence-corrected chi connectivity index (χ1v) is 6.16. The van der Waals surface area contributed by atoms with E-state index in [0.29, 0.717) is 18.8 Å². The molecule has 15 heavy (non-hydrogen) atoms. The fraction of sp³-hybridized carbons (Fsp3) is 0.714. The Kier molecular flexibility index (Phi) is 4.66. The summed E-state index contributed by atoms with van der Waals surface area (Å²) in [5.74, 6) is 0.415. The normalized spacial score (nSPS) is 11.8. The molecule has 1 rings (SSSR count). The molecule has 0 aliphatic rings. The molecular formula is C7H14N4O3S. The minimum atomic E-state index is -3.24. The third-order valence-electron chi connectivity index (χ3n) is 1.70. The number of aromatic nitrogens is 2. The van der Waals surface area contributed by atoms with Crippen LogP contribution in [0.5, 0.6) is 0 Å². The second-order valence-corrected chi connectivity index (χ2v) is 4.87. The fourth-order valence-corrected chi connectivity index (χ4v) is 1.97. The molecule has 0 unspecified atom stereocenters. The number of rotatable bonds is 7. The third-order valence-corrected chi connectivity index (χ3v) is 3.11. The Hall–Kier alpha value is -0.990. The maximum Gasteiger partial charge on any atom is 0.213 e. The minimum Gasteiger partial charge on any atom is -0.343 e. The predicted molar refractivity (Wildman–Crippen MR) is 53.5 cm³/mol. The van der Waals surface area contributed by atoms with Crippen LogP contribution in [0.1, 0.15) is 12.2 Å². The molecule has 0 atom stereocenters. The van der Waals surface area contributed by atoms with Crippen LogP contribution in [0.25, 0.3) is 0 Å². The summed E-state index contributed by atoms with van der Waals surface area (Å²) in [5.41, 5.74) is 0. The highest BCUT2D eigenvalue weighted by Crippen LogP contribution is 1.92. The van der Waals surface area contributed by atoms with Crippen molar-refractivity contribution in [2.75, 3.05) is 19.3 Å². The molecule has 8 heteroatoms. The van der Waals surface area contributed by atoms with Crippen molar-refractivity contribution in [3.05, 3.63) is 12.2 Å². The van der Waals surface area contributed by atoms with Gasteiger partial charge in [-0.15, -0.1) is 0 Å². The van der Waals surface area contributed by atoms with E-state index in [2.05, 4.69) is 24.7 Å². The molecule has 1 aromatic heterocycles. The molecule has 1 heterocycles. The number of sulfonamides is 1. The van der Waals surface area contributed by atoms with Crippen molar-refractivity contribution in [1.82, 2.24) is 20.2 Å². The van der Waals surface area contributed by atoms with Gasteiger partial charge in [0, 0.05) is 0 Å². The molecule has 0 saturated heterocycles. The summed E-state index contributed by atoms with van der Waals surface area (Å²) in [6.07, 6.45) is 1.72. The largest absolute Gasteiger partial charge is 0.343 e. The summed E-state index contributed by atoms with van der Waals surface area (Å²) in [6.45, 7) is 0.738. The van der Waals surface area contributed by atoms with Crippen molar-refractivity contribution in [3.63, 3.8) is 0 Å². The van der Waals surface area contributed by atoms with Gasteiger partial charge in [0.15, 0.2) is 5.82 Å². The molecule has 0 spiro atoms. The molecule has 0 radical (unpaired) electrons. The Morgan fingerprint density at radius 3 is 2.93 bits per heavy atom. The van der Waals surface area contributed by atoms with E-state index in [-0.39, 0.29) is 12.3 Å². The van der Waals surface area contributed by atoms with E-state index in [1.807, 2.05) is 0 Å². The fourth-order valence-electron chi connectivity index (χ4n) is 0.956. The Labute approximate surface area is 88.3 Å². The molecule has 0 aliphatic carbocycles. The molecule has 86 valence electrons. The van der Waals surface area contributed by atoms with Crippen molar-refractivity contribution < 1.29 is 12.9 Å². The van der Waals surface area contributed by atoms with E-state index in [9.17, 15) is 8.42 Å². The zero-order valence-electron chi connectivity index (χ0n) is 8.43. The van der Waals surface area contributed by atoms with Gasteiger partial charge in [0.1, 0.15) is 0 Å². The van der Waals surface area contributed by atoms with Crippen LogP contribution in [-0.4, -0.2) is 37.9 Å². The quantitative estimate of drug-likeness (QED) is 0.593. The maximum absolute atomic E-state index is 11.4. The lowest BCUT2D eigenvalue weighted by molar-refractivity contribution is 0.409. The first-order valence-electron chi connectivity index (χ1n) is 4.51. The van der Waals surface area contributed by atoms with E-state index < -0.39 is 10.0 Å². The lowest BCUT2D eigenvalue weighted by Gasteiger charge is -2.03. The Bertz CT molecular complexity index is 362. The highest BCUT2D eigenvalue weighted by Gasteiger charge is 2.10. The summed E-state index contributed by atoms with van der Waals surface area (Å²) in [4.78, 5) is 3.70. The van der Waals surface area contributed by atoms with Crippen LogP contribution in [-0.2, 0) is 16.6 Å². The Morgan fingerprint density at radius 1 is 1.53 bits per heavy atom. The van der Waals surface area contributed by atoms with Crippen LogP contribution in [0.4, 0.5) is 0 Å². The van der Waals surface area contributed by atoms with Crippen molar-refractivity contribution in [2.45, 2.75) is 13.0 Å². The summed E-state index contributed by atoms with van der Waals surface area (Å²) in [6, 6.07) is 0. The number of hydrogen-bond acceptors (Lipinski definition) is 6. The molecular weight excluding hydrogens is 220 g/mol. The summed E-state index contributed by atoms with van der Waals surface area (Å²) in [5, 5.41) is 6.37. The van der Waals surface area contributed by atoms with Crippen LogP contribution < -0.4 is 10.0 Å². The van der Waals surface area contributed by atoms with Crippen LogP contribution in [0.3, 0.4) is 0 Å². The van der Waals surface area contributed by atoms with Crippen molar-refractivity contribution in [2.24, 2.45) is 0 Å². The van der Waals surface area contributed by atoms with Crippen molar-refractivity contribution in [3.8, 4) is 0 Å². The van der Waals surface area contributed by atoms with E-state index in [0.717, 1.165) is 6.39 Å². The van der Waals surface area contributed by atoms with Crippen LogP contribution in [0.2, 0.25) is 0 Å². The maximum atomic E-state index is 11.4. The van der Waals surface area contributed by atoms with Gasteiger partial charge in [-0.3, -0.25) is 0 Å². The lowest BCUT2D eigenvalue weighted by atomic mass is 10.5. The van der Waals surface area contributed by atoms with Crippen LogP contribution >= 0.6 is 0 Å². The first-order chi connectivity index (χ1) is 7.14. The van der Waals surface area contributed by atoms with Gasteiger partial charge in [0.05, 0.1) is 12.3 Å². The molecule has 0 fully saturated rings. The van der Waals surface area contributed by atoms with E-state index in [1.165, 1.54) is 0 Å². The molecule has 2 N–H and O–H groups in total. The van der Waals surface area contributed by atoms with Crippen molar-refractivity contribution >= 4 is 10.0 Å². The number of nitrogens with zero attached hydrogens (tertiary/aromatic N) is 2. The first kappa shape index (κ1) is 12.1. The summed E-state index contributed by atoms with van der Waals surface area (Å²) < 4.78 is 29.6. The average molecular weight is 234 g/mol. The van der Waals surface area contributed by atoms with Crippen molar-refractivity contribution in [1.29, 1.82) is 0 Å². The highest BCUT2D eigenvalue weighted by atomic mass is 32.2. The minimum absolute atomic E-state index is 0.0678. The molecule has 0 aliphatic heterocycles. The van der Waals surface area contributed by atoms with Gasteiger partial charge in [-0.05, 0) is 20.0 Å². The molecule has 0 aromatic carbocycles. The summed E-state index contributed by atoms with van der Waals surface area (Å²) >= 11 is 0. The zero-order valence-corrected chi connectivity index (χ0v) is 9.25. The van der Waals surface area contributed by atoms with Gasteiger partial charge >= 0.3 is 0 Å². The van der Waals surface area contributed by atoms with E-state index in [1.54, 1.807) is 7.05 Å². The van der Waals surface area contributed by atoms with Gasteiger partial charge in [0.2, 0.25) is 16.4 Å². The molecule has 0 bridgehead atoms. The molecule has 0 saturated carbocycles. The van der Waals surface area contributed by atoms with Gasteiger partial charge in [-0.2, -0.15) is 4.98 Å². The lowest BCUT2D eigenvalue weighted by Crippen LogP contribution is -2.27. The number of nitrogens with one attached hydrogen (secondary N) is 2. The SMILES string of the molecule is CNCCCS(=O)(=O)NCc1ncon1. The van der Waals surface area contributed by atoms with Gasteiger partial charge < -0.3 is 9.84 Å². The molecule has 7 nitrogen and oxygen atoms in total. The van der Waals surface area contributed by atoms with E-state index in [4.69, 9.17) is 0 Å². The summed E-state index contributed by atoms with van der Waals surface area (Å²) in [7, 11) is -1.46. The van der Waals surface area contributed by atoms with Crippen LogP contribution in [0.15, 0.2) is 10.9 Å². The predicted octanol–water partition coefficient (Wildman–Crippen LogP) is -0.901. The number of hydrogen-bond donors (Lipinski definition) is 2. The molecule has 1 aromatic rings. The standard InChI is InChI=1S/C7H14N4O3S/c1-8-3-2-4-15(12,13)10-5-7-9-6-14-11-7/h6,8,10H,2-5H2,1H3. The second kappa shape index (κ2) is 5.79. The topological polar surface area (TPSA) is 97.1 Å². The highest BCUT2D eigenvalue weighted by molar-refractivity contribution is 7.89.